The van der Waals surface area contributed by atoms with Gasteiger partial charge in [-0.3, -0.25) is 9.59 Å². The molecule has 0 fully saturated rings. The van der Waals surface area contributed by atoms with Gasteiger partial charge in [0.05, 0.1) is 7.11 Å². The molecule has 2 aromatic rings. The highest BCUT2D eigenvalue weighted by Crippen LogP contribution is 2.20. The van der Waals surface area contributed by atoms with E-state index in [2.05, 4.69) is 19.2 Å². The Balaban J connectivity index is 2.20. The molecule has 0 heterocycles. The number of carbonyl (C=O) groups is 2. The third-order valence-electron chi connectivity index (χ3n) is 5.21. The Hall–Kier alpha value is -3.02. The fraction of sp³-hybridized carbons (Fsp3) is 0.462. The van der Waals surface area contributed by atoms with Crippen LogP contribution in [0.4, 0.5) is 0 Å². The lowest BCUT2D eigenvalue weighted by atomic mass is 10.0. The molecule has 6 nitrogen and oxygen atoms in total. The van der Waals surface area contributed by atoms with Gasteiger partial charge in [-0.25, -0.2) is 0 Å². The zero-order chi connectivity index (χ0) is 23.7. The van der Waals surface area contributed by atoms with E-state index in [-0.39, 0.29) is 31.0 Å². The van der Waals surface area contributed by atoms with E-state index in [9.17, 15) is 9.59 Å². The molecule has 0 saturated heterocycles. The molecule has 0 bridgehead atoms. The molecule has 1 unspecified atom stereocenters. The second-order valence-electron chi connectivity index (χ2n) is 8.47. The Labute approximate surface area is 191 Å². The van der Waals surface area contributed by atoms with Gasteiger partial charge in [0.15, 0.2) is 6.61 Å². The van der Waals surface area contributed by atoms with Gasteiger partial charge in [0.2, 0.25) is 5.91 Å². The topological polar surface area (TPSA) is 67.9 Å². The lowest BCUT2D eigenvalue weighted by Gasteiger charge is -2.31. The summed E-state index contributed by atoms with van der Waals surface area (Å²) in [6.45, 7) is 10.1. The van der Waals surface area contributed by atoms with E-state index in [0.29, 0.717) is 23.8 Å². The quantitative estimate of drug-likeness (QED) is 0.557. The monoisotopic (exact) mass is 440 g/mol. The van der Waals surface area contributed by atoms with E-state index in [1.807, 2.05) is 69.3 Å². The molecule has 1 N–H and O–H groups in total. The fourth-order valence-corrected chi connectivity index (χ4v) is 3.44. The van der Waals surface area contributed by atoms with Crippen LogP contribution in [-0.2, 0) is 16.1 Å². The van der Waals surface area contributed by atoms with Gasteiger partial charge < -0.3 is 19.7 Å². The van der Waals surface area contributed by atoms with Gasteiger partial charge >= 0.3 is 0 Å². The maximum absolute atomic E-state index is 13.2. The van der Waals surface area contributed by atoms with Gasteiger partial charge in [0, 0.05) is 12.6 Å². The third-order valence-corrected chi connectivity index (χ3v) is 5.21. The number of hydrogen-bond donors (Lipinski definition) is 1. The number of rotatable bonds is 11. The van der Waals surface area contributed by atoms with Crippen molar-refractivity contribution < 1.29 is 19.1 Å². The summed E-state index contributed by atoms with van der Waals surface area (Å²) in [7, 11) is 1.60. The van der Waals surface area contributed by atoms with Crippen molar-refractivity contribution in [2.24, 2.45) is 0 Å². The molecule has 0 spiro atoms. The van der Waals surface area contributed by atoms with Gasteiger partial charge in [0.1, 0.15) is 17.5 Å². The van der Waals surface area contributed by atoms with Crippen LogP contribution in [0.1, 0.15) is 58.1 Å². The minimum absolute atomic E-state index is 0.0129. The number of methoxy groups -OCH3 is 1. The summed E-state index contributed by atoms with van der Waals surface area (Å²) in [6, 6.07) is 14.7. The molecule has 2 rings (SSSR count). The van der Waals surface area contributed by atoms with Crippen molar-refractivity contribution >= 4 is 11.8 Å². The first-order chi connectivity index (χ1) is 15.2. The molecule has 0 aliphatic carbocycles. The van der Waals surface area contributed by atoms with Crippen molar-refractivity contribution in [3.8, 4) is 11.5 Å². The smallest absolute Gasteiger partial charge is 0.261 e. The van der Waals surface area contributed by atoms with Crippen molar-refractivity contribution in [1.82, 2.24) is 10.2 Å². The van der Waals surface area contributed by atoms with Gasteiger partial charge in [-0.15, -0.1) is 0 Å². The SMILES string of the molecule is CCC(C(=O)NC(C)C)N(Cc1cccc(OC)c1)C(=O)COc1ccc(C(C)C)cc1. The van der Waals surface area contributed by atoms with Gasteiger partial charge in [-0.05, 0) is 61.6 Å². The van der Waals surface area contributed by atoms with Crippen LogP contribution in [0.25, 0.3) is 0 Å². The molecule has 32 heavy (non-hydrogen) atoms. The minimum Gasteiger partial charge on any atom is -0.497 e. The maximum atomic E-state index is 13.2. The van der Waals surface area contributed by atoms with Crippen molar-refractivity contribution in [2.45, 2.75) is 65.6 Å². The van der Waals surface area contributed by atoms with Crippen LogP contribution in [0.2, 0.25) is 0 Å². The maximum Gasteiger partial charge on any atom is 0.261 e. The number of nitrogens with one attached hydrogen (secondary N) is 1. The zero-order valence-corrected chi connectivity index (χ0v) is 20.1. The summed E-state index contributed by atoms with van der Waals surface area (Å²) >= 11 is 0. The Morgan fingerprint density at radius 2 is 1.69 bits per heavy atom. The normalized spacial score (nSPS) is 11.9. The number of nitrogens with zero attached hydrogens (tertiary/aromatic N) is 1. The Morgan fingerprint density at radius 1 is 1.00 bits per heavy atom. The van der Waals surface area contributed by atoms with Gasteiger partial charge in [0.25, 0.3) is 5.91 Å². The van der Waals surface area contributed by atoms with E-state index >= 15 is 0 Å². The van der Waals surface area contributed by atoms with E-state index in [1.54, 1.807) is 12.0 Å². The number of ether oxygens (including phenoxy) is 2. The molecule has 0 aliphatic rings. The van der Waals surface area contributed by atoms with Crippen LogP contribution in [0.15, 0.2) is 48.5 Å². The zero-order valence-electron chi connectivity index (χ0n) is 20.1. The predicted molar refractivity (Wildman–Crippen MR) is 127 cm³/mol. The molecule has 2 amide bonds. The van der Waals surface area contributed by atoms with E-state index in [0.717, 1.165) is 5.56 Å². The highest BCUT2D eigenvalue weighted by molar-refractivity contribution is 5.88. The number of benzene rings is 2. The third kappa shape index (κ3) is 7.29. The first kappa shape index (κ1) is 25.2. The van der Waals surface area contributed by atoms with Gasteiger partial charge in [-0.1, -0.05) is 45.0 Å². The average molecular weight is 441 g/mol. The molecule has 6 heteroatoms. The highest BCUT2D eigenvalue weighted by atomic mass is 16.5. The first-order valence-corrected chi connectivity index (χ1v) is 11.2. The van der Waals surface area contributed by atoms with Crippen LogP contribution in [0, 0.1) is 0 Å². The van der Waals surface area contributed by atoms with E-state index in [4.69, 9.17) is 9.47 Å². The minimum atomic E-state index is -0.594. The standard InChI is InChI=1S/C26H36N2O4/c1-7-24(26(30)27-19(4)5)28(16-20-9-8-10-23(15-20)31-6)25(29)17-32-22-13-11-21(12-14-22)18(2)3/h8-15,18-19,24H,7,16-17H2,1-6H3,(H,27,30). The summed E-state index contributed by atoms with van der Waals surface area (Å²) < 4.78 is 11.1. The van der Waals surface area contributed by atoms with Crippen molar-refractivity contribution in [3.05, 3.63) is 59.7 Å². The highest BCUT2D eigenvalue weighted by Gasteiger charge is 2.29. The van der Waals surface area contributed by atoms with Crippen molar-refractivity contribution in [3.63, 3.8) is 0 Å². The molecule has 0 radical (unpaired) electrons. The summed E-state index contributed by atoms with van der Waals surface area (Å²) in [5.74, 6) is 1.35. The Morgan fingerprint density at radius 3 is 2.25 bits per heavy atom. The summed E-state index contributed by atoms with van der Waals surface area (Å²) in [4.78, 5) is 27.7. The Bertz CT molecular complexity index is 878. The molecule has 0 aliphatic heterocycles. The lowest BCUT2D eigenvalue weighted by Crippen LogP contribution is -2.51. The van der Waals surface area contributed by atoms with Crippen LogP contribution < -0.4 is 14.8 Å². The fourth-order valence-electron chi connectivity index (χ4n) is 3.44. The van der Waals surface area contributed by atoms with Crippen LogP contribution in [0.3, 0.4) is 0 Å². The summed E-state index contributed by atoms with van der Waals surface area (Å²) in [6.07, 6.45) is 0.497. The van der Waals surface area contributed by atoms with E-state index < -0.39 is 6.04 Å². The molecule has 1 atom stereocenters. The van der Waals surface area contributed by atoms with Crippen LogP contribution in [-0.4, -0.2) is 42.5 Å². The molecule has 174 valence electrons. The van der Waals surface area contributed by atoms with Gasteiger partial charge in [-0.2, -0.15) is 0 Å². The first-order valence-electron chi connectivity index (χ1n) is 11.2. The molecule has 2 aromatic carbocycles. The second-order valence-corrected chi connectivity index (χ2v) is 8.47. The number of carbonyl (C=O) groups excluding carboxylic acids is 2. The van der Waals surface area contributed by atoms with Crippen LogP contribution in [0.5, 0.6) is 11.5 Å². The molecule has 0 aromatic heterocycles. The van der Waals surface area contributed by atoms with Crippen molar-refractivity contribution in [1.29, 1.82) is 0 Å². The van der Waals surface area contributed by atoms with Crippen LogP contribution >= 0.6 is 0 Å². The van der Waals surface area contributed by atoms with E-state index in [1.165, 1.54) is 5.56 Å². The van der Waals surface area contributed by atoms with Crippen molar-refractivity contribution in [2.75, 3.05) is 13.7 Å². The predicted octanol–water partition coefficient (Wildman–Crippen LogP) is 4.53. The Kier molecular flexibility index (Phi) is 9.57. The second kappa shape index (κ2) is 12.1. The number of amides is 2. The molecular weight excluding hydrogens is 404 g/mol. The largest absolute Gasteiger partial charge is 0.497 e. The molecule has 0 saturated carbocycles. The summed E-state index contributed by atoms with van der Waals surface area (Å²) in [5.41, 5.74) is 2.09. The molecular formula is C26H36N2O4. The summed E-state index contributed by atoms with van der Waals surface area (Å²) in [5, 5.41) is 2.93. The lowest BCUT2D eigenvalue weighted by molar-refractivity contribution is -0.143. The number of hydrogen-bond acceptors (Lipinski definition) is 4. The average Bonchev–Trinajstić information content (AvgIpc) is 2.77.